The van der Waals surface area contributed by atoms with E-state index in [1.54, 1.807) is 0 Å². The molecular weight excluding hydrogens is 395 g/mol. The van der Waals surface area contributed by atoms with Crippen molar-refractivity contribution in [3.8, 4) is 0 Å². The summed E-state index contributed by atoms with van der Waals surface area (Å²) < 4.78 is 19.5. The molecule has 0 rings (SSSR count). The molecule has 0 aromatic carbocycles. The first-order chi connectivity index (χ1) is 13.8. The van der Waals surface area contributed by atoms with Crippen molar-refractivity contribution in [2.75, 3.05) is 13.2 Å². The summed E-state index contributed by atoms with van der Waals surface area (Å²) in [7, 11) is -4.62. The highest BCUT2D eigenvalue weighted by atomic mass is 31.2. The van der Waals surface area contributed by atoms with Gasteiger partial charge < -0.3 is 19.6 Å². The minimum atomic E-state index is -4.62. The SMILES string of the molecule is CCCCCCCCC=CCCCCCCCC(=O)OCC(O)COP(=O)(O)O. The first-order valence-corrected chi connectivity index (χ1v) is 12.6. The highest BCUT2D eigenvalue weighted by Crippen LogP contribution is 2.35. The second-order valence-corrected chi connectivity index (χ2v) is 8.70. The van der Waals surface area contributed by atoms with Crippen molar-refractivity contribution in [2.45, 2.75) is 103 Å². The lowest BCUT2D eigenvalue weighted by Crippen LogP contribution is -2.23. The third kappa shape index (κ3) is 23.4. The molecule has 1 unspecified atom stereocenters. The van der Waals surface area contributed by atoms with Gasteiger partial charge in [-0.25, -0.2) is 4.57 Å². The van der Waals surface area contributed by atoms with Crippen molar-refractivity contribution in [1.29, 1.82) is 0 Å². The molecule has 0 heterocycles. The molecule has 0 fully saturated rings. The van der Waals surface area contributed by atoms with E-state index in [2.05, 4.69) is 23.6 Å². The second kappa shape index (κ2) is 19.3. The van der Waals surface area contributed by atoms with E-state index in [1.807, 2.05) is 0 Å². The van der Waals surface area contributed by atoms with Crippen LogP contribution in [-0.4, -0.2) is 40.2 Å². The smallest absolute Gasteiger partial charge is 0.463 e. The summed E-state index contributed by atoms with van der Waals surface area (Å²) in [5.41, 5.74) is 0. The molecule has 29 heavy (non-hydrogen) atoms. The predicted octanol–water partition coefficient (Wildman–Crippen LogP) is 5.04. The molecule has 0 spiro atoms. The van der Waals surface area contributed by atoms with Gasteiger partial charge in [0.1, 0.15) is 12.7 Å². The maximum absolute atomic E-state index is 11.5. The topological polar surface area (TPSA) is 113 Å². The maximum atomic E-state index is 11.5. The van der Waals surface area contributed by atoms with Gasteiger partial charge in [-0.2, -0.15) is 0 Å². The van der Waals surface area contributed by atoms with Crippen molar-refractivity contribution in [2.24, 2.45) is 0 Å². The Hall–Kier alpha value is -0.720. The van der Waals surface area contributed by atoms with Crippen LogP contribution in [0.5, 0.6) is 0 Å². The summed E-state index contributed by atoms with van der Waals surface area (Å²) in [4.78, 5) is 28.6. The van der Waals surface area contributed by atoms with Gasteiger partial charge >= 0.3 is 13.8 Å². The monoisotopic (exact) mass is 436 g/mol. The minimum Gasteiger partial charge on any atom is -0.463 e. The Morgan fingerprint density at radius 3 is 1.93 bits per heavy atom. The van der Waals surface area contributed by atoms with E-state index in [9.17, 15) is 14.5 Å². The average Bonchev–Trinajstić information content (AvgIpc) is 2.67. The normalized spacial score (nSPS) is 13.1. The summed E-state index contributed by atoms with van der Waals surface area (Å²) >= 11 is 0. The van der Waals surface area contributed by atoms with Crippen molar-refractivity contribution >= 4 is 13.8 Å². The molecule has 3 N–H and O–H groups in total. The fourth-order valence-electron chi connectivity index (χ4n) is 2.83. The first kappa shape index (κ1) is 28.3. The van der Waals surface area contributed by atoms with Gasteiger partial charge in [0.05, 0.1) is 6.61 Å². The van der Waals surface area contributed by atoms with Crippen molar-refractivity contribution in [3.05, 3.63) is 12.2 Å². The van der Waals surface area contributed by atoms with E-state index in [4.69, 9.17) is 14.5 Å². The molecular formula is C21H41O7P. The number of aliphatic hydroxyl groups excluding tert-OH is 1. The molecule has 0 bridgehead atoms. The van der Waals surface area contributed by atoms with Gasteiger partial charge in [0.2, 0.25) is 0 Å². The lowest BCUT2D eigenvalue weighted by atomic mass is 10.1. The summed E-state index contributed by atoms with van der Waals surface area (Å²) in [5, 5.41) is 9.41. The Balaban J connectivity index is 3.38. The molecule has 0 aliphatic heterocycles. The van der Waals surface area contributed by atoms with Gasteiger partial charge in [0, 0.05) is 6.42 Å². The number of unbranched alkanes of at least 4 members (excludes halogenated alkanes) is 11. The molecule has 172 valence electrons. The third-order valence-corrected chi connectivity index (χ3v) is 5.00. The largest absolute Gasteiger partial charge is 0.469 e. The second-order valence-electron chi connectivity index (χ2n) is 7.46. The van der Waals surface area contributed by atoms with Crippen LogP contribution in [0.15, 0.2) is 12.2 Å². The van der Waals surface area contributed by atoms with Crippen LogP contribution in [0.4, 0.5) is 0 Å². The van der Waals surface area contributed by atoms with Crippen LogP contribution >= 0.6 is 7.82 Å². The highest BCUT2D eigenvalue weighted by molar-refractivity contribution is 7.46. The van der Waals surface area contributed by atoms with Crippen molar-refractivity contribution in [3.63, 3.8) is 0 Å². The van der Waals surface area contributed by atoms with Gasteiger partial charge in [-0.15, -0.1) is 0 Å². The Bertz CT molecular complexity index is 462. The standard InChI is InChI=1S/C21H41O7P/c1-2-3-4-5-6-7-8-9-10-11-12-13-14-15-16-17-21(23)27-18-20(22)19-28-29(24,25)26/h9-10,20,22H,2-8,11-19H2,1H3,(H2,24,25,26). The molecule has 0 aliphatic carbocycles. The number of rotatable bonds is 20. The number of phosphoric ester groups is 1. The zero-order chi connectivity index (χ0) is 21.8. The van der Waals surface area contributed by atoms with Gasteiger partial charge in [-0.1, -0.05) is 70.4 Å². The van der Waals surface area contributed by atoms with E-state index in [1.165, 1.54) is 51.4 Å². The number of carbonyl (C=O) groups excluding carboxylic acids is 1. The number of aliphatic hydroxyl groups is 1. The number of allylic oxidation sites excluding steroid dienone is 2. The summed E-state index contributed by atoms with van der Waals surface area (Å²) in [6, 6.07) is 0. The van der Waals surface area contributed by atoms with E-state index < -0.39 is 26.5 Å². The van der Waals surface area contributed by atoms with Crippen LogP contribution in [0.2, 0.25) is 0 Å². The third-order valence-electron chi connectivity index (χ3n) is 4.51. The van der Waals surface area contributed by atoms with Crippen LogP contribution in [0.3, 0.4) is 0 Å². The fraction of sp³-hybridized carbons (Fsp3) is 0.857. The molecule has 0 aromatic heterocycles. The summed E-state index contributed by atoms with van der Waals surface area (Å²) in [5.74, 6) is -0.419. The van der Waals surface area contributed by atoms with Crippen LogP contribution in [0.25, 0.3) is 0 Å². The Morgan fingerprint density at radius 1 is 0.862 bits per heavy atom. The Kier molecular flexibility index (Phi) is 18.8. The molecule has 0 saturated carbocycles. The zero-order valence-electron chi connectivity index (χ0n) is 18.0. The molecule has 1 atom stereocenters. The fourth-order valence-corrected chi connectivity index (χ4v) is 3.20. The molecule has 0 saturated heterocycles. The van der Waals surface area contributed by atoms with Gasteiger partial charge in [0.15, 0.2) is 0 Å². The average molecular weight is 437 g/mol. The lowest BCUT2D eigenvalue weighted by molar-refractivity contribution is -0.147. The molecule has 0 aliphatic rings. The number of phosphoric acid groups is 1. The molecule has 0 aromatic rings. The van der Waals surface area contributed by atoms with Crippen molar-refractivity contribution < 1.29 is 33.5 Å². The van der Waals surface area contributed by atoms with Crippen LogP contribution < -0.4 is 0 Å². The summed E-state index contributed by atoms with van der Waals surface area (Å²) in [6.07, 6.45) is 19.0. The Labute approximate surface area is 176 Å². The maximum Gasteiger partial charge on any atom is 0.469 e. The molecule has 0 amide bonds. The van der Waals surface area contributed by atoms with E-state index in [0.717, 1.165) is 32.1 Å². The number of hydrogen-bond donors (Lipinski definition) is 3. The van der Waals surface area contributed by atoms with Crippen LogP contribution in [-0.2, 0) is 18.6 Å². The van der Waals surface area contributed by atoms with Crippen LogP contribution in [0, 0.1) is 0 Å². The quantitative estimate of drug-likeness (QED) is 0.106. The zero-order valence-corrected chi connectivity index (χ0v) is 18.9. The minimum absolute atomic E-state index is 0.282. The van der Waals surface area contributed by atoms with E-state index in [0.29, 0.717) is 0 Å². The van der Waals surface area contributed by atoms with Gasteiger partial charge in [0.25, 0.3) is 0 Å². The number of carbonyl (C=O) groups is 1. The first-order valence-electron chi connectivity index (χ1n) is 11.0. The molecule has 8 heteroatoms. The number of hydrogen-bond acceptors (Lipinski definition) is 5. The van der Waals surface area contributed by atoms with E-state index >= 15 is 0 Å². The van der Waals surface area contributed by atoms with Crippen molar-refractivity contribution in [1.82, 2.24) is 0 Å². The van der Waals surface area contributed by atoms with Gasteiger partial charge in [-0.05, 0) is 32.1 Å². The molecule has 0 radical (unpaired) electrons. The predicted molar refractivity (Wildman–Crippen MR) is 114 cm³/mol. The van der Waals surface area contributed by atoms with Crippen LogP contribution in [0.1, 0.15) is 96.8 Å². The molecule has 7 nitrogen and oxygen atoms in total. The number of ether oxygens (including phenoxy) is 1. The number of esters is 1. The lowest BCUT2D eigenvalue weighted by Gasteiger charge is -2.12. The highest BCUT2D eigenvalue weighted by Gasteiger charge is 2.17. The summed E-state index contributed by atoms with van der Waals surface area (Å²) in [6.45, 7) is 1.33. The van der Waals surface area contributed by atoms with E-state index in [-0.39, 0.29) is 13.0 Å². The Morgan fingerprint density at radius 2 is 1.38 bits per heavy atom. The van der Waals surface area contributed by atoms with Gasteiger partial charge in [-0.3, -0.25) is 9.32 Å².